The molecule has 1 fully saturated rings. The summed E-state index contributed by atoms with van der Waals surface area (Å²) in [6.45, 7) is 4.37. The first kappa shape index (κ1) is 17.2. The molecule has 138 valence electrons. The van der Waals surface area contributed by atoms with Crippen LogP contribution in [0.15, 0.2) is 49.1 Å². The van der Waals surface area contributed by atoms with Gasteiger partial charge in [0.05, 0.1) is 12.7 Å². The molecule has 0 atom stereocenters. The molecule has 1 amide bonds. The predicted molar refractivity (Wildman–Crippen MR) is 100 cm³/mol. The van der Waals surface area contributed by atoms with Crippen molar-refractivity contribution in [1.29, 1.82) is 0 Å². The molecule has 4 rings (SSSR count). The normalized spacial score (nSPS) is 14.1. The van der Waals surface area contributed by atoms with Crippen LogP contribution >= 0.6 is 0 Å². The Labute approximate surface area is 157 Å². The summed E-state index contributed by atoms with van der Waals surface area (Å²) in [6.07, 6.45) is 7.00. The second kappa shape index (κ2) is 7.19. The Morgan fingerprint density at radius 2 is 1.93 bits per heavy atom. The van der Waals surface area contributed by atoms with Crippen molar-refractivity contribution < 1.29 is 9.53 Å². The highest BCUT2D eigenvalue weighted by molar-refractivity contribution is 5.94. The van der Waals surface area contributed by atoms with Gasteiger partial charge in [-0.15, -0.1) is 0 Å². The Kier molecular flexibility index (Phi) is 4.58. The number of carbonyl (C=O) groups excluding carboxylic acids is 1. The third-order valence-corrected chi connectivity index (χ3v) is 4.87. The number of likely N-dealkylation sites (tertiary alicyclic amines) is 1. The van der Waals surface area contributed by atoms with Crippen molar-refractivity contribution in [1.82, 2.24) is 24.4 Å². The van der Waals surface area contributed by atoms with Crippen molar-refractivity contribution in [3.8, 4) is 17.3 Å². The maximum absolute atomic E-state index is 12.5. The molecule has 0 N–H and O–H groups in total. The maximum Gasteiger partial charge on any atom is 0.255 e. The third kappa shape index (κ3) is 3.40. The van der Waals surface area contributed by atoms with E-state index in [4.69, 9.17) is 4.74 Å². The van der Waals surface area contributed by atoms with Crippen molar-refractivity contribution in [2.75, 3.05) is 20.2 Å². The standard InChI is InChI=1S/C20H21N5O2/c1-14-9-23-19(16-5-7-21-8-6-16)25(14)13-15-11-24(12-15)20(26)17-3-4-18(27-2)22-10-17/h3-10,15H,11-13H2,1-2H3. The Morgan fingerprint density at radius 1 is 1.15 bits per heavy atom. The van der Waals surface area contributed by atoms with Crippen LogP contribution in [0.3, 0.4) is 0 Å². The fraction of sp³-hybridized carbons (Fsp3) is 0.300. The molecule has 7 nitrogen and oxygen atoms in total. The number of nitrogens with zero attached hydrogens (tertiary/aromatic N) is 5. The number of methoxy groups -OCH3 is 1. The smallest absolute Gasteiger partial charge is 0.255 e. The molecular weight excluding hydrogens is 342 g/mol. The van der Waals surface area contributed by atoms with Gasteiger partial charge in [0.2, 0.25) is 5.88 Å². The fourth-order valence-corrected chi connectivity index (χ4v) is 3.34. The van der Waals surface area contributed by atoms with Gasteiger partial charge in [0, 0.05) is 67.7 Å². The summed E-state index contributed by atoms with van der Waals surface area (Å²) >= 11 is 0. The summed E-state index contributed by atoms with van der Waals surface area (Å²) in [5.74, 6) is 1.87. The van der Waals surface area contributed by atoms with E-state index < -0.39 is 0 Å². The molecule has 0 aromatic carbocycles. The number of ether oxygens (including phenoxy) is 1. The van der Waals surface area contributed by atoms with E-state index in [-0.39, 0.29) is 5.91 Å². The van der Waals surface area contributed by atoms with E-state index in [1.54, 1.807) is 37.8 Å². The van der Waals surface area contributed by atoms with Gasteiger partial charge in [-0.25, -0.2) is 9.97 Å². The van der Waals surface area contributed by atoms with Gasteiger partial charge in [0.25, 0.3) is 5.91 Å². The summed E-state index contributed by atoms with van der Waals surface area (Å²) < 4.78 is 7.25. The van der Waals surface area contributed by atoms with E-state index in [1.807, 2.05) is 23.2 Å². The van der Waals surface area contributed by atoms with E-state index in [1.165, 1.54) is 0 Å². The molecule has 0 spiro atoms. The molecular formula is C20H21N5O2. The zero-order valence-corrected chi connectivity index (χ0v) is 15.4. The number of hydrogen-bond acceptors (Lipinski definition) is 5. The number of hydrogen-bond donors (Lipinski definition) is 0. The summed E-state index contributed by atoms with van der Waals surface area (Å²) in [5.41, 5.74) is 2.76. The quantitative estimate of drug-likeness (QED) is 0.696. The largest absolute Gasteiger partial charge is 0.481 e. The van der Waals surface area contributed by atoms with Crippen molar-refractivity contribution in [3.05, 3.63) is 60.3 Å². The highest BCUT2D eigenvalue weighted by Gasteiger charge is 2.32. The molecule has 3 aromatic heterocycles. The molecule has 27 heavy (non-hydrogen) atoms. The number of carbonyl (C=O) groups is 1. The molecule has 7 heteroatoms. The molecule has 4 heterocycles. The average molecular weight is 363 g/mol. The summed E-state index contributed by atoms with van der Waals surface area (Å²) in [5, 5.41) is 0. The number of aryl methyl sites for hydroxylation is 1. The van der Waals surface area contributed by atoms with E-state index in [0.29, 0.717) is 17.4 Å². The topological polar surface area (TPSA) is 73.1 Å². The Hall–Kier alpha value is -3.22. The minimum atomic E-state index is 0.0121. The van der Waals surface area contributed by atoms with Crippen molar-refractivity contribution in [3.63, 3.8) is 0 Å². The SMILES string of the molecule is COc1ccc(C(=O)N2CC(Cn3c(C)cnc3-c3ccncc3)C2)cn1. The first-order chi connectivity index (χ1) is 13.2. The van der Waals surface area contributed by atoms with Crippen LogP contribution in [-0.2, 0) is 6.54 Å². The van der Waals surface area contributed by atoms with Crippen LogP contribution in [-0.4, -0.2) is 50.5 Å². The molecule has 1 saturated heterocycles. The van der Waals surface area contributed by atoms with Crippen LogP contribution in [0, 0.1) is 12.8 Å². The Bertz CT molecular complexity index is 931. The monoisotopic (exact) mass is 363 g/mol. The van der Waals surface area contributed by atoms with E-state index >= 15 is 0 Å². The van der Waals surface area contributed by atoms with Gasteiger partial charge in [-0.05, 0) is 25.1 Å². The zero-order chi connectivity index (χ0) is 18.8. The van der Waals surface area contributed by atoms with Gasteiger partial charge in [-0.1, -0.05) is 0 Å². The average Bonchev–Trinajstić information content (AvgIpc) is 3.05. The molecule has 3 aromatic rings. The van der Waals surface area contributed by atoms with Crippen LogP contribution in [0.25, 0.3) is 11.4 Å². The zero-order valence-electron chi connectivity index (χ0n) is 15.4. The molecule has 1 aliphatic heterocycles. The van der Waals surface area contributed by atoms with Gasteiger partial charge >= 0.3 is 0 Å². The lowest BCUT2D eigenvalue weighted by atomic mass is 9.98. The van der Waals surface area contributed by atoms with Crippen molar-refractivity contribution >= 4 is 5.91 Å². The Balaban J connectivity index is 1.41. The fourth-order valence-electron chi connectivity index (χ4n) is 3.34. The molecule has 0 aliphatic carbocycles. The van der Waals surface area contributed by atoms with Crippen molar-refractivity contribution in [2.24, 2.45) is 5.92 Å². The first-order valence-corrected chi connectivity index (χ1v) is 8.87. The predicted octanol–water partition coefficient (Wildman–Crippen LogP) is 2.43. The second-order valence-electron chi connectivity index (χ2n) is 6.74. The lowest BCUT2D eigenvalue weighted by Gasteiger charge is -2.39. The lowest BCUT2D eigenvalue weighted by molar-refractivity contribution is 0.0468. The van der Waals surface area contributed by atoms with Gasteiger partial charge in [-0.2, -0.15) is 0 Å². The van der Waals surface area contributed by atoms with Gasteiger partial charge < -0.3 is 14.2 Å². The number of imidazole rings is 1. The highest BCUT2D eigenvalue weighted by Crippen LogP contribution is 2.25. The van der Waals surface area contributed by atoms with Crippen LogP contribution in [0.1, 0.15) is 16.1 Å². The maximum atomic E-state index is 12.5. The van der Waals surface area contributed by atoms with Crippen LogP contribution < -0.4 is 4.74 Å². The summed E-state index contributed by atoms with van der Waals surface area (Å²) in [4.78, 5) is 27.1. The summed E-state index contributed by atoms with van der Waals surface area (Å²) in [6, 6.07) is 7.39. The number of amides is 1. The van der Waals surface area contributed by atoms with Gasteiger partial charge in [-0.3, -0.25) is 9.78 Å². The Morgan fingerprint density at radius 3 is 2.59 bits per heavy atom. The van der Waals surface area contributed by atoms with Crippen LogP contribution in [0.2, 0.25) is 0 Å². The second-order valence-corrected chi connectivity index (χ2v) is 6.74. The van der Waals surface area contributed by atoms with Crippen molar-refractivity contribution in [2.45, 2.75) is 13.5 Å². The van der Waals surface area contributed by atoms with E-state index in [0.717, 1.165) is 36.7 Å². The number of rotatable bonds is 5. The van der Waals surface area contributed by atoms with Crippen LogP contribution in [0.5, 0.6) is 5.88 Å². The van der Waals surface area contributed by atoms with Gasteiger partial charge in [0.15, 0.2) is 0 Å². The molecule has 0 radical (unpaired) electrons. The van der Waals surface area contributed by atoms with Crippen LogP contribution in [0.4, 0.5) is 0 Å². The lowest BCUT2D eigenvalue weighted by Crippen LogP contribution is -2.51. The minimum absolute atomic E-state index is 0.0121. The third-order valence-electron chi connectivity index (χ3n) is 4.87. The minimum Gasteiger partial charge on any atom is -0.481 e. The number of pyridine rings is 2. The van der Waals surface area contributed by atoms with Gasteiger partial charge in [0.1, 0.15) is 5.82 Å². The number of aromatic nitrogens is 4. The summed E-state index contributed by atoms with van der Waals surface area (Å²) in [7, 11) is 1.56. The molecule has 1 aliphatic rings. The molecule has 0 bridgehead atoms. The highest BCUT2D eigenvalue weighted by atomic mass is 16.5. The first-order valence-electron chi connectivity index (χ1n) is 8.87. The van der Waals surface area contributed by atoms with E-state index in [2.05, 4.69) is 26.4 Å². The molecule has 0 saturated carbocycles. The molecule has 0 unspecified atom stereocenters. The van der Waals surface area contributed by atoms with E-state index in [9.17, 15) is 4.79 Å².